The number of thiazole rings is 1. The van der Waals surface area contributed by atoms with Crippen LogP contribution in [0.5, 0.6) is 0 Å². The first kappa shape index (κ1) is 13.2. The van der Waals surface area contributed by atoms with Gasteiger partial charge in [0.05, 0.1) is 21.6 Å². The highest BCUT2D eigenvalue weighted by atomic mass is 32.1. The first-order chi connectivity index (χ1) is 9.86. The second-order valence-electron chi connectivity index (χ2n) is 4.97. The van der Waals surface area contributed by atoms with Gasteiger partial charge in [0.2, 0.25) is 0 Å². The maximum absolute atomic E-state index is 12.7. The SMILES string of the molecule is O=C(c1cccnc1-c1cncs1)N1CCCCCC1. The van der Waals surface area contributed by atoms with Crippen LogP contribution >= 0.6 is 11.3 Å². The molecule has 5 heteroatoms. The third kappa shape index (κ3) is 2.72. The normalized spacial score (nSPS) is 15.9. The Labute approximate surface area is 122 Å². The highest BCUT2D eigenvalue weighted by Gasteiger charge is 2.21. The Balaban J connectivity index is 1.91. The summed E-state index contributed by atoms with van der Waals surface area (Å²) in [5.41, 5.74) is 3.22. The molecule has 1 aliphatic rings. The van der Waals surface area contributed by atoms with Crippen molar-refractivity contribution >= 4 is 17.2 Å². The van der Waals surface area contributed by atoms with Gasteiger partial charge in [0.1, 0.15) is 0 Å². The average molecular weight is 287 g/mol. The fraction of sp³-hybridized carbons (Fsp3) is 0.400. The highest BCUT2D eigenvalue weighted by molar-refractivity contribution is 7.13. The zero-order valence-electron chi connectivity index (χ0n) is 11.3. The van der Waals surface area contributed by atoms with E-state index in [4.69, 9.17) is 0 Å². The molecule has 0 radical (unpaired) electrons. The van der Waals surface area contributed by atoms with E-state index in [1.54, 1.807) is 17.9 Å². The lowest BCUT2D eigenvalue weighted by molar-refractivity contribution is 0.0762. The summed E-state index contributed by atoms with van der Waals surface area (Å²) in [6.07, 6.45) is 8.14. The van der Waals surface area contributed by atoms with Crippen molar-refractivity contribution in [3.05, 3.63) is 35.6 Å². The van der Waals surface area contributed by atoms with Crippen molar-refractivity contribution in [1.82, 2.24) is 14.9 Å². The molecule has 20 heavy (non-hydrogen) atoms. The molecule has 0 atom stereocenters. The summed E-state index contributed by atoms with van der Waals surface area (Å²) < 4.78 is 0. The third-order valence-electron chi connectivity index (χ3n) is 3.60. The zero-order chi connectivity index (χ0) is 13.8. The van der Waals surface area contributed by atoms with E-state index in [9.17, 15) is 4.79 Å². The standard InChI is InChI=1S/C15H17N3OS/c19-15(18-8-3-1-2-4-9-18)12-6-5-7-17-14(12)13-10-16-11-20-13/h5-7,10-11H,1-4,8-9H2. The van der Waals surface area contributed by atoms with Crippen molar-refractivity contribution in [2.45, 2.75) is 25.7 Å². The third-order valence-corrected chi connectivity index (χ3v) is 4.38. The first-order valence-electron chi connectivity index (χ1n) is 6.99. The van der Waals surface area contributed by atoms with Crippen molar-refractivity contribution in [2.75, 3.05) is 13.1 Å². The monoisotopic (exact) mass is 287 g/mol. The number of carbonyl (C=O) groups excluding carboxylic acids is 1. The fourth-order valence-corrected chi connectivity index (χ4v) is 3.18. The average Bonchev–Trinajstić information content (AvgIpc) is 2.89. The van der Waals surface area contributed by atoms with E-state index in [1.807, 2.05) is 17.0 Å². The van der Waals surface area contributed by atoms with E-state index in [0.29, 0.717) is 5.56 Å². The minimum atomic E-state index is 0.100. The van der Waals surface area contributed by atoms with Crippen LogP contribution in [0.3, 0.4) is 0 Å². The zero-order valence-corrected chi connectivity index (χ0v) is 12.1. The number of hydrogen-bond donors (Lipinski definition) is 0. The molecule has 3 rings (SSSR count). The molecular formula is C15H17N3OS. The van der Waals surface area contributed by atoms with E-state index in [0.717, 1.165) is 36.5 Å². The molecule has 0 N–H and O–H groups in total. The summed E-state index contributed by atoms with van der Waals surface area (Å²) in [5.74, 6) is 0.100. The molecule has 0 saturated carbocycles. The Hall–Kier alpha value is -1.75. The highest BCUT2D eigenvalue weighted by Crippen LogP contribution is 2.26. The molecule has 1 saturated heterocycles. The molecule has 0 spiro atoms. The van der Waals surface area contributed by atoms with Crippen LogP contribution in [0.4, 0.5) is 0 Å². The van der Waals surface area contributed by atoms with Crippen molar-refractivity contribution in [2.24, 2.45) is 0 Å². The molecule has 0 aromatic carbocycles. The van der Waals surface area contributed by atoms with Gasteiger partial charge in [-0.05, 0) is 25.0 Å². The van der Waals surface area contributed by atoms with Gasteiger partial charge in [-0.3, -0.25) is 14.8 Å². The molecule has 104 valence electrons. The minimum Gasteiger partial charge on any atom is -0.339 e. The number of amides is 1. The van der Waals surface area contributed by atoms with Crippen LogP contribution in [0.1, 0.15) is 36.0 Å². The van der Waals surface area contributed by atoms with E-state index in [-0.39, 0.29) is 5.91 Å². The Morgan fingerprint density at radius 2 is 2.00 bits per heavy atom. The molecule has 0 unspecified atom stereocenters. The van der Waals surface area contributed by atoms with Gasteiger partial charge in [-0.25, -0.2) is 0 Å². The quantitative estimate of drug-likeness (QED) is 0.852. The minimum absolute atomic E-state index is 0.100. The number of pyridine rings is 1. The smallest absolute Gasteiger partial charge is 0.256 e. The van der Waals surface area contributed by atoms with Gasteiger partial charge in [0.25, 0.3) is 5.91 Å². The van der Waals surface area contributed by atoms with Gasteiger partial charge < -0.3 is 4.90 Å². The van der Waals surface area contributed by atoms with Crippen LogP contribution in [0.2, 0.25) is 0 Å². The molecule has 0 bridgehead atoms. The number of nitrogens with zero attached hydrogens (tertiary/aromatic N) is 3. The summed E-state index contributed by atoms with van der Waals surface area (Å²) in [4.78, 5) is 24.1. The van der Waals surface area contributed by atoms with Gasteiger partial charge in [0, 0.05) is 25.5 Å². The topological polar surface area (TPSA) is 46.1 Å². The summed E-state index contributed by atoms with van der Waals surface area (Å²) in [7, 11) is 0. The van der Waals surface area contributed by atoms with Crippen LogP contribution < -0.4 is 0 Å². The van der Waals surface area contributed by atoms with Gasteiger partial charge in [-0.2, -0.15) is 0 Å². The van der Waals surface area contributed by atoms with Gasteiger partial charge in [-0.1, -0.05) is 12.8 Å². The van der Waals surface area contributed by atoms with E-state index < -0.39 is 0 Å². The van der Waals surface area contributed by atoms with Gasteiger partial charge >= 0.3 is 0 Å². The molecule has 2 aromatic rings. The number of likely N-dealkylation sites (tertiary alicyclic amines) is 1. The molecule has 1 amide bonds. The lowest BCUT2D eigenvalue weighted by Crippen LogP contribution is -2.32. The van der Waals surface area contributed by atoms with Crippen LogP contribution in [-0.2, 0) is 0 Å². The Bertz CT molecular complexity index is 575. The number of hydrogen-bond acceptors (Lipinski definition) is 4. The molecule has 2 aromatic heterocycles. The van der Waals surface area contributed by atoms with Crippen LogP contribution in [-0.4, -0.2) is 33.9 Å². The lowest BCUT2D eigenvalue weighted by atomic mass is 10.1. The number of carbonyl (C=O) groups is 1. The number of rotatable bonds is 2. The summed E-state index contributed by atoms with van der Waals surface area (Å²) in [6.45, 7) is 1.71. The molecule has 3 heterocycles. The Kier molecular flexibility index (Phi) is 4.06. The van der Waals surface area contributed by atoms with Crippen LogP contribution in [0, 0.1) is 0 Å². The molecule has 1 fully saturated rings. The first-order valence-corrected chi connectivity index (χ1v) is 7.87. The number of aromatic nitrogens is 2. The molecule has 0 aliphatic carbocycles. The summed E-state index contributed by atoms with van der Waals surface area (Å²) >= 11 is 1.51. The van der Waals surface area contributed by atoms with E-state index >= 15 is 0 Å². The van der Waals surface area contributed by atoms with E-state index in [2.05, 4.69) is 9.97 Å². The van der Waals surface area contributed by atoms with Gasteiger partial charge in [0.15, 0.2) is 0 Å². The Morgan fingerprint density at radius 3 is 2.70 bits per heavy atom. The van der Waals surface area contributed by atoms with Crippen molar-refractivity contribution in [1.29, 1.82) is 0 Å². The summed E-state index contributed by atoms with van der Waals surface area (Å²) in [6, 6.07) is 3.70. The van der Waals surface area contributed by atoms with Crippen molar-refractivity contribution in [3.8, 4) is 10.6 Å². The predicted molar refractivity (Wildman–Crippen MR) is 79.7 cm³/mol. The lowest BCUT2D eigenvalue weighted by Gasteiger charge is -2.21. The van der Waals surface area contributed by atoms with Crippen LogP contribution in [0.15, 0.2) is 30.0 Å². The maximum Gasteiger partial charge on any atom is 0.256 e. The Morgan fingerprint density at radius 1 is 1.20 bits per heavy atom. The van der Waals surface area contributed by atoms with Crippen LogP contribution in [0.25, 0.3) is 10.6 Å². The van der Waals surface area contributed by atoms with Crippen molar-refractivity contribution < 1.29 is 4.79 Å². The summed E-state index contributed by atoms with van der Waals surface area (Å²) in [5, 5.41) is 0. The maximum atomic E-state index is 12.7. The molecule has 4 nitrogen and oxygen atoms in total. The van der Waals surface area contributed by atoms with E-state index in [1.165, 1.54) is 24.2 Å². The molecular weight excluding hydrogens is 270 g/mol. The predicted octanol–water partition coefficient (Wildman–Crippen LogP) is 3.22. The second-order valence-corrected chi connectivity index (χ2v) is 5.86. The second kappa shape index (κ2) is 6.13. The van der Waals surface area contributed by atoms with Crippen molar-refractivity contribution in [3.63, 3.8) is 0 Å². The van der Waals surface area contributed by atoms with Gasteiger partial charge in [-0.15, -0.1) is 11.3 Å². The molecule has 1 aliphatic heterocycles. The largest absolute Gasteiger partial charge is 0.339 e. The fourth-order valence-electron chi connectivity index (χ4n) is 2.55.